The zero-order valence-electron chi connectivity index (χ0n) is 12.5. The summed E-state index contributed by atoms with van der Waals surface area (Å²) in [6, 6.07) is 18.5. The Balaban J connectivity index is 2.02. The van der Waals surface area contributed by atoms with Crippen molar-refractivity contribution in [2.75, 3.05) is 6.61 Å². The van der Waals surface area contributed by atoms with E-state index in [-0.39, 0.29) is 0 Å². The van der Waals surface area contributed by atoms with Crippen LogP contribution in [-0.4, -0.2) is 14.9 Å². The molecule has 0 spiro atoms. The molecule has 0 bridgehead atoms. The molecule has 1 nitrogen and oxygen atoms in total. The van der Waals surface area contributed by atoms with E-state index in [1.54, 1.807) is 0 Å². The summed E-state index contributed by atoms with van der Waals surface area (Å²) in [5.41, 5.74) is 2.31. The highest BCUT2D eigenvalue weighted by atomic mass is 35.5. The number of rotatable bonds is 4. The second-order valence-corrected chi connectivity index (χ2v) is 9.93. The maximum atomic E-state index is 6.46. The first-order valence-electron chi connectivity index (χ1n) is 7.73. The number of hydrogen-bond acceptors (Lipinski definition) is 1. The Morgan fingerprint density at radius 2 is 1.27 bits per heavy atom. The van der Waals surface area contributed by atoms with Gasteiger partial charge in [0.05, 0.1) is 0 Å². The van der Waals surface area contributed by atoms with E-state index in [9.17, 15) is 0 Å². The summed E-state index contributed by atoms with van der Waals surface area (Å²) in [6.45, 7) is 0.862. The molecular formula is C18H20Cl2OSi. The van der Waals surface area contributed by atoms with Crippen molar-refractivity contribution in [1.82, 2.24) is 0 Å². The number of halogens is 2. The van der Waals surface area contributed by atoms with E-state index < -0.39 is 8.32 Å². The van der Waals surface area contributed by atoms with E-state index >= 15 is 0 Å². The van der Waals surface area contributed by atoms with Crippen molar-refractivity contribution in [2.24, 2.45) is 0 Å². The Morgan fingerprint density at radius 3 is 1.64 bits per heavy atom. The predicted molar refractivity (Wildman–Crippen MR) is 97.0 cm³/mol. The molecule has 2 aromatic rings. The van der Waals surface area contributed by atoms with E-state index in [2.05, 4.69) is 48.5 Å². The predicted octanol–water partition coefficient (Wildman–Crippen LogP) is 4.03. The summed E-state index contributed by atoms with van der Waals surface area (Å²) >= 11 is 11.8. The van der Waals surface area contributed by atoms with Crippen LogP contribution in [0.2, 0.25) is 6.04 Å². The number of hydrogen-bond donors (Lipinski definition) is 0. The molecule has 1 saturated heterocycles. The van der Waals surface area contributed by atoms with E-state index in [0.717, 1.165) is 30.2 Å². The molecule has 1 fully saturated rings. The minimum absolute atomic E-state index is 0.556. The molecule has 0 unspecified atom stereocenters. The van der Waals surface area contributed by atoms with E-state index in [1.807, 2.05) is 0 Å². The lowest BCUT2D eigenvalue weighted by molar-refractivity contribution is 0.284. The Hall–Kier alpha value is -0.803. The van der Waals surface area contributed by atoms with Gasteiger partial charge in [0.25, 0.3) is 8.32 Å². The fourth-order valence-corrected chi connectivity index (χ4v) is 7.54. The summed E-state index contributed by atoms with van der Waals surface area (Å²) in [5.74, 6) is 1.11. The average Bonchev–Trinajstić information content (AvgIpc) is 2.62. The van der Waals surface area contributed by atoms with E-state index in [0.29, 0.717) is 11.8 Å². The molecule has 2 aromatic carbocycles. The molecule has 0 amide bonds. The van der Waals surface area contributed by atoms with Gasteiger partial charge in [0, 0.05) is 18.4 Å². The minimum atomic E-state index is -2.09. The highest BCUT2D eigenvalue weighted by Crippen LogP contribution is 2.23. The van der Waals surface area contributed by atoms with Crippen molar-refractivity contribution in [3.8, 4) is 0 Å². The molecule has 0 aromatic heterocycles. The quantitative estimate of drug-likeness (QED) is 0.597. The lowest BCUT2D eigenvalue weighted by atomic mass is 10.2. The van der Waals surface area contributed by atoms with Gasteiger partial charge in [-0.05, 0) is 34.0 Å². The first-order chi connectivity index (χ1) is 10.8. The summed E-state index contributed by atoms with van der Waals surface area (Å²) in [7, 11) is -2.09. The molecule has 1 heterocycles. The third-order valence-corrected chi connectivity index (χ3v) is 9.32. The highest BCUT2D eigenvalue weighted by Gasteiger charge is 2.40. The molecule has 4 heteroatoms. The second kappa shape index (κ2) is 7.18. The first-order valence-corrected chi connectivity index (χ1v) is 10.9. The van der Waals surface area contributed by atoms with Crippen molar-refractivity contribution in [1.29, 1.82) is 0 Å². The Kier molecular flexibility index (Phi) is 5.24. The summed E-state index contributed by atoms with van der Waals surface area (Å²) in [6.07, 6.45) is 2.40. The minimum Gasteiger partial charge on any atom is -0.408 e. The number of benzene rings is 2. The summed E-state index contributed by atoms with van der Waals surface area (Å²) in [5, 5.41) is 2.69. The van der Waals surface area contributed by atoms with Crippen LogP contribution in [0.25, 0.3) is 0 Å². The van der Waals surface area contributed by atoms with Crippen LogP contribution >= 0.6 is 23.2 Å². The van der Waals surface area contributed by atoms with Crippen LogP contribution < -0.4 is 10.4 Å². The molecular weight excluding hydrogens is 331 g/mol. The summed E-state index contributed by atoms with van der Waals surface area (Å²) in [4.78, 5) is 0. The molecule has 0 radical (unpaired) electrons. The zero-order chi connectivity index (χ0) is 15.4. The third kappa shape index (κ3) is 3.11. The van der Waals surface area contributed by atoms with Crippen LogP contribution in [0.3, 0.4) is 0 Å². The van der Waals surface area contributed by atoms with Crippen LogP contribution in [0.1, 0.15) is 24.0 Å². The van der Waals surface area contributed by atoms with Gasteiger partial charge in [0.1, 0.15) is 0 Å². The van der Waals surface area contributed by atoms with Crippen LogP contribution in [0.15, 0.2) is 48.5 Å². The van der Waals surface area contributed by atoms with E-state index in [4.69, 9.17) is 27.6 Å². The van der Waals surface area contributed by atoms with Crippen LogP contribution in [0.4, 0.5) is 0 Å². The van der Waals surface area contributed by atoms with Gasteiger partial charge in [-0.15, -0.1) is 23.2 Å². The maximum Gasteiger partial charge on any atom is 0.255 e. The molecule has 0 atom stereocenters. The SMILES string of the molecule is ClCc1ccc([Si]2(c3ccc(CCl)cc3)CCCCO2)cc1. The normalized spacial score (nSPS) is 17.4. The van der Waals surface area contributed by atoms with Crippen LogP contribution in [0.5, 0.6) is 0 Å². The molecule has 116 valence electrons. The van der Waals surface area contributed by atoms with Crippen molar-refractivity contribution in [3.05, 3.63) is 59.7 Å². The zero-order valence-corrected chi connectivity index (χ0v) is 15.0. The van der Waals surface area contributed by atoms with Gasteiger partial charge < -0.3 is 4.43 Å². The molecule has 0 aliphatic carbocycles. The molecule has 0 saturated carbocycles. The van der Waals surface area contributed by atoms with Crippen LogP contribution in [-0.2, 0) is 16.2 Å². The lowest BCUT2D eigenvalue weighted by Crippen LogP contribution is -2.62. The lowest BCUT2D eigenvalue weighted by Gasteiger charge is -2.36. The molecule has 3 rings (SSSR count). The van der Waals surface area contributed by atoms with Gasteiger partial charge >= 0.3 is 0 Å². The smallest absolute Gasteiger partial charge is 0.255 e. The fourth-order valence-electron chi connectivity index (χ4n) is 3.14. The van der Waals surface area contributed by atoms with Crippen molar-refractivity contribution in [2.45, 2.75) is 30.6 Å². The van der Waals surface area contributed by atoms with Gasteiger partial charge in [-0.1, -0.05) is 55.0 Å². The Bertz CT molecular complexity index is 554. The van der Waals surface area contributed by atoms with Gasteiger partial charge in [-0.25, -0.2) is 0 Å². The van der Waals surface area contributed by atoms with Gasteiger partial charge in [0.15, 0.2) is 0 Å². The van der Waals surface area contributed by atoms with Crippen molar-refractivity contribution in [3.63, 3.8) is 0 Å². The first kappa shape index (κ1) is 16.1. The fraction of sp³-hybridized carbons (Fsp3) is 0.333. The maximum absolute atomic E-state index is 6.46. The third-order valence-electron chi connectivity index (χ3n) is 4.42. The second-order valence-electron chi connectivity index (χ2n) is 5.79. The van der Waals surface area contributed by atoms with Gasteiger partial charge in [-0.3, -0.25) is 0 Å². The van der Waals surface area contributed by atoms with E-state index in [1.165, 1.54) is 16.8 Å². The molecule has 22 heavy (non-hydrogen) atoms. The summed E-state index contributed by atoms with van der Waals surface area (Å²) < 4.78 is 6.46. The topological polar surface area (TPSA) is 9.23 Å². The Labute approximate surface area is 143 Å². The van der Waals surface area contributed by atoms with Gasteiger partial charge in [-0.2, -0.15) is 0 Å². The van der Waals surface area contributed by atoms with Crippen molar-refractivity contribution >= 4 is 41.9 Å². The van der Waals surface area contributed by atoms with Crippen LogP contribution in [0, 0.1) is 0 Å². The van der Waals surface area contributed by atoms with Crippen molar-refractivity contribution < 1.29 is 4.43 Å². The molecule has 1 aliphatic heterocycles. The standard InChI is InChI=1S/C18H20Cl2OSi/c19-13-15-3-7-17(8-4-15)22(12-2-1-11-21-22)18-9-5-16(14-20)6-10-18/h3-10H,1-2,11-14H2. The molecule has 1 aliphatic rings. The van der Waals surface area contributed by atoms with Gasteiger partial charge in [0.2, 0.25) is 0 Å². The monoisotopic (exact) mass is 350 g/mol. The Morgan fingerprint density at radius 1 is 0.773 bits per heavy atom. The highest BCUT2D eigenvalue weighted by molar-refractivity contribution is 6.97. The average molecular weight is 351 g/mol. The number of alkyl halides is 2. The largest absolute Gasteiger partial charge is 0.408 e. The molecule has 0 N–H and O–H groups in total.